The second-order valence-corrected chi connectivity index (χ2v) is 7.05. The number of hydrogen-bond acceptors (Lipinski definition) is 4. The molecule has 1 aromatic heterocycles. The molecule has 0 spiro atoms. The number of nitrogens with zero attached hydrogens (tertiary/aromatic N) is 2. The van der Waals surface area contributed by atoms with E-state index in [0.29, 0.717) is 5.92 Å². The highest BCUT2D eigenvalue weighted by atomic mass is 79.9. The maximum absolute atomic E-state index is 5.44. The van der Waals surface area contributed by atoms with Crippen molar-refractivity contribution in [1.29, 1.82) is 0 Å². The molecule has 1 N–H and O–H groups in total. The maximum Gasteiger partial charge on any atom is 0.144 e. The molecule has 1 aromatic rings. The van der Waals surface area contributed by atoms with Crippen LogP contribution < -0.4 is 5.32 Å². The number of halogens is 1. The Hall–Kier alpha value is -0.680. The first-order chi connectivity index (χ1) is 9.43. The highest BCUT2D eigenvalue weighted by Gasteiger charge is 2.26. The van der Waals surface area contributed by atoms with Gasteiger partial charge in [-0.2, -0.15) is 0 Å². The van der Waals surface area contributed by atoms with Gasteiger partial charge in [-0.05, 0) is 35.7 Å². The predicted molar refractivity (Wildman–Crippen MR) is 85.4 cm³/mol. The lowest BCUT2D eigenvalue weighted by molar-refractivity contribution is 0.0835. The van der Waals surface area contributed by atoms with Gasteiger partial charge in [-0.1, -0.05) is 20.8 Å². The molecule has 0 aromatic carbocycles. The summed E-state index contributed by atoms with van der Waals surface area (Å²) in [5, 5.41) is 3.34. The summed E-state index contributed by atoms with van der Waals surface area (Å²) in [6, 6.07) is 0. The summed E-state index contributed by atoms with van der Waals surface area (Å²) in [7, 11) is 0. The van der Waals surface area contributed by atoms with Crippen molar-refractivity contribution in [1.82, 2.24) is 9.97 Å². The molecule has 1 aliphatic heterocycles. The summed E-state index contributed by atoms with van der Waals surface area (Å²) in [6.45, 7) is 11.1. The van der Waals surface area contributed by atoms with Crippen LogP contribution in [0.15, 0.2) is 4.47 Å². The lowest BCUT2D eigenvalue weighted by Crippen LogP contribution is -2.22. The Balaban J connectivity index is 2.43. The van der Waals surface area contributed by atoms with E-state index in [0.717, 1.165) is 54.4 Å². The Bertz CT molecular complexity index is 465. The van der Waals surface area contributed by atoms with Gasteiger partial charge in [0.25, 0.3) is 0 Å². The number of ether oxygens (including phenoxy) is 1. The van der Waals surface area contributed by atoms with Gasteiger partial charge in [0.1, 0.15) is 11.6 Å². The van der Waals surface area contributed by atoms with Crippen LogP contribution >= 0.6 is 15.9 Å². The van der Waals surface area contributed by atoms with Gasteiger partial charge in [0.05, 0.1) is 10.2 Å². The van der Waals surface area contributed by atoms with Crippen LogP contribution in [0, 0.1) is 0 Å². The fraction of sp³-hybridized carbons (Fsp3) is 0.733. The summed E-state index contributed by atoms with van der Waals surface area (Å²) in [5.74, 6) is 2.28. The summed E-state index contributed by atoms with van der Waals surface area (Å²) in [6.07, 6.45) is 2.02. The van der Waals surface area contributed by atoms with Crippen LogP contribution in [-0.2, 0) is 10.2 Å². The first-order valence-corrected chi connectivity index (χ1v) is 8.12. The minimum atomic E-state index is -0.00807. The molecule has 0 unspecified atom stereocenters. The molecule has 0 radical (unpaired) electrons. The summed E-state index contributed by atoms with van der Waals surface area (Å²) < 4.78 is 6.43. The van der Waals surface area contributed by atoms with Crippen LogP contribution in [0.5, 0.6) is 0 Å². The van der Waals surface area contributed by atoms with Crippen molar-refractivity contribution < 1.29 is 4.74 Å². The molecule has 1 fully saturated rings. The minimum Gasteiger partial charge on any atom is -0.381 e. The molecule has 1 aliphatic rings. The van der Waals surface area contributed by atoms with Crippen LogP contribution in [0.3, 0.4) is 0 Å². The van der Waals surface area contributed by atoms with Crippen LogP contribution in [0.1, 0.15) is 58.0 Å². The molecule has 0 bridgehead atoms. The fourth-order valence-electron chi connectivity index (χ4n) is 2.38. The van der Waals surface area contributed by atoms with Crippen LogP contribution in [0.4, 0.5) is 5.82 Å². The molecule has 5 heteroatoms. The zero-order chi connectivity index (χ0) is 14.8. The summed E-state index contributed by atoms with van der Waals surface area (Å²) >= 11 is 3.66. The van der Waals surface area contributed by atoms with E-state index in [2.05, 4.69) is 48.9 Å². The van der Waals surface area contributed by atoms with Gasteiger partial charge in [0, 0.05) is 31.1 Å². The highest BCUT2D eigenvalue weighted by molar-refractivity contribution is 9.10. The van der Waals surface area contributed by atoms with Gasteiger partial charge in [-0.25, -0.2) is 9.97 Å². The van der Waals surface area contributed by atoms with Crippen molar-refractivity contribution in [2.24, 2.45) is 0 Å². The number of hydrogen-bond donors (Lipinski definition) is 1. The lowest BCUT2D eigenvalue weighted by atomic mass is 9.91. The first kappa shape index (κ1) is 15.7. The normalized spacial score (nSPS) is 17.2. The van der Waals surface area contributed by atoms with Crippen molar-refractivity contribution in [2.45, 2.75) is 51.9 Å². The van der Waals surface area contributed by atoms with E-state index in [1.165, 1.54) is 0 Å². The third-order valence-electron chi connectivity index (χ3n) is 3.51. The zero-order valence-electron chi connectivity index (χ0n) is 12.8. The minimum absolute atomic E-state index is 0.00807. The molecule has 0 atom stereocenters. The Morgan fingerprint density at radius 3 is 2.45 bits per heavy atom. The third-order valence-corrected chi connectivity index (χ3v) is 4.26. The molecule has 0 aliphatic carbocycles. The topological polar surface area (TPSA) is 47.0 Å². The number of nitrogens with one attached hydrogen (secondary N) is 1. The Kier molecular flexibility index (Phi) is 5.02. The number of anilines is 1. The van der Waals surface area contributed by atoms with E-state index in [1.807, 2.05) is 0 Å². The largest absolute Gasteiger partial charge is 0.381 e. The monoisotopic (exact) mass is 341 g/mol. The van der Waals surface area contributed by atoms with Crippen molar-refractivity contribution >= 4 is 21.7 Å². The number of aromatic nitrogens is 2. The van der Waals surface area contributed by atoms with Crippen LogP contribution in [0.25, 0.3) is 0 Å². The third kappa shape index (κ3) is 3.50. The Morgan fingerprint density at radius 2 is 1.90 bits per heavy atom. The average molecular weight is 342 g/mol. The van der Waals surface area contributed by atoms with Gasteiger partial charge in [0.2, 0.25) is 0 Å². The smallest absolute Gasteiger partial charge is 0.144 e. The SMILES string of the molecule is CCNc1nc(C2CCOCC2)nc(C(C)(C)C)c1Br. The van der Waals surface area contributed by atoms with Gasteiger partial charge in [0.15, 0.2) is 0 Å². The first-order valence-electron chi connectivity index (χ1n) is 7.33. The quantitative estimate of drug-likeness (QED) is 0.906. The second kappa shape index (κ2) is 6.39. The molecule has 20 heavy (non-hydrogen) atoms. The van der Waals surface area contributed by atoms with Gasteiger partial charge < -0.3 is 10.1 Å². The van der Waals surface area contributed by atoms with Gasteiger partial charge >= 0.3 is 0 Å². The molecular formula is C15H24BrN3O. The van der Waals surface area contributed by atoms with Gasteiger partial charge in [-0.3, -0.25) is 0 Å². The highest BCUT2D eigenvalue weighted by Crippen LogP contribution is 2.35. The van der Waals surface area contributed by atoms with E-state index in [1.54, 1.807) is 0 Å². The summed E-state index contributed by atoms with van der Waals surface area (Å²) in [4.78, 5) is 9.59. The standard InChI is InChI=1S/C15H24BrN3O/c1-5-17-14-11(16)12(15(2,3)4)18-13(19-14)10-6-8-20-9-7-10/h10H,5-9H2,1-4H3,(H,17,18,19). The Morgan fingerprint density at radius 1 is 1.25 bits per heavy atom. The lowest BCUT2D eigenvalue weighted by Gasteiger charge is -2.26. The molecule has 0 amide bonds. The Labute approximate surface area is 129 Å². The van der Waals surface area contributed by atoms with E-state index >= 15 is 0 Å². The molecule has 2 rings (SSSR count). The second-order valence-electron chi connectivity index (χ2n) is 6.26. The fourth-order valence-corrected chi connectivity index (χ4v) is 3.30. The van der Waals surface area contributed by atoms with E-state index in [4.69, 9.17) is 14.7 Å². The van der Waals surface area contributed by atoms with E-state index < -0.39 is 0 Å². The number of rotatable bonds is 3. The van der Waals surface area contributed by atoms with Crippen LogP contribution in [-0.4, -0.2) is 29.7 Å². The zero-order valence-corrected chi connectivity index (χ0v) is 14.4. The van der Waals surface area contributed by atoms with Crippen molar-refractivity contribution in [3.63, 3.8) is 0 Å². The van der Waals surface area contributed by atoms with E-state index in [-0.39, 0.29) is 5.41 Å². The van der Waals surface area contributed by atoms with Crippen molar-refractivity contribution in [2.75, 3.05) is 25.1 Å². The molecule has 4 nitrogen and oxygen atoms in total. The molecular weight excluding hydrogens is 318 g/mol. The van der Waals surface area contributed by atoms with Crippen LogP contribution in [0.2, 0.25) is 0 Å². The molecule has 0 saturated carbocycles. The van der Waals surface area contributed by atoms with E-state index in [9.17, 15) is 0 Å². The predicted octanol–water partition coefficient (Wildman–Crippen LogP) is 3.86. The molecule has 2 heterocycles. The average Bonchev–Trinajstić information content (AvgIpc) is 2.41. The van der Waals surface area contributed by atoms with Crippen molar-refractivity contribution in [3.8, 4) is 0 Å². The molecule has 1 saturated heterocycles. The molecule has 112 valence electrons. The van der Waals surface area contributed by atoms with Crippen molar-refractivity contribution in [3.05, 3.63) is 16.0 Å². The van der Waals surface area contributed by atoms with Gasteiger partial charge in [-0.15, -0.1) is 0 Å². The summed E-state index contributed by atoms with van der Waals surface area (Å²) in [5.41, 5.74) is 1.07. The maximum atomic E-state index is 5.44.